The normalized spacial score (nSPS) is 18.3. The predicted molar refractivity (Wildman–Crippen MR) is 114 cm³/mol. The number of benzene rings is 1. The number of hydrogen-bond acceptors (Lipinski definition) is 5. The summed E-state index contributed by atoms with van der Waals surface area (Å²) in [5.74, 6) is 0.225. The van der Waals surface area contributed by atoms with Gasteiger partial charge in [-0.2, -0.15) is 0 Å². The zero-order valence-corrected chi connectivity index (χ0v) is 18.3. The maximum absolute atomic E-state index is 12.9. The molecule has 1 aliphatic rings. The number of amides is 1. The van der Waals surface area contributed by atoms with E-state index in [2.05, 4.69) is 11.9 Å². The number of rotatable bonds is 8. The third-order valence-electron chi connectivity index (χ3n) is 4.90. The molecule has 1 saturated heterocycles. The maximum atomic E-state index is 12.9. The van der Waals surface area contributed by atoms with Crippen LogP contribution in [-0.4, -0.2) is 48.3 Å². The van der Waals surface area contributed by atoms with Gasteiger partial charge >= 0.3 is 0 Å². The van der Waals surface area contributed by atoms with E-state index in [4.69, 9.17) is 11.6 Å². The van der Waals surface area contributed by atoms with Crippen LogP contribution in [0.2, 0.25) is 5.02 Å². The molecule has 1 fully saturated rings. The Hall–Kier alpha value is -1.44. The Balaban J connectivity index is 1.65. The van der Waals surface area contributed by atoms with E-state index in [0.717, 1.165) is 29.1 Å². The van der Waals surface area contributed by atoms with Crippen molar-refractivity contribution < 1.29 is 13.2 Å². The Morgan fingerprint density at radius 1 is 1.39 bits per heavy atom. The predicted octanol–water partition coefficient (Wildman–Crippen LogP) is 3.75. The van der Waals surface area contributed by atoms with Crippen LogP contribution in [0.3, 0.4) is 0 Å². The van der Waals surface area contributed by atoms with Gasteiger partial charge in [-0.05, 0) is 30.5 Å². The van der Waals surface area contributed by atoms with Crippen molar-refractivity contribution in [2.45, 2.75) is 45.1 Å². The van der Waals surface area contributed by atoms with Gasteiger partial charge in [0.25, 0.3) is 0 Å². The zero-order valence-electron chi connectivity index (χ0n) is 15.9. The SMILES string of the molecule is CCCCN(C(=O)Cc1csc(Cc2cccc(Cl)c2)n1)C1CCS(=O)(=O)C1. The molecule has 1 aliphatic heterocycles. The number of aromatic nitrogens is 1. The minimum absolute atomic E-state index is 0.0323. The van der Waals surface area contributed by atoms with Crippen LogP contribution < -0.4 is 0 Å². The molecule has 8 heteroatoms. The van der Waals surface area contributed by atoms with Gasteiger partial charge in [0.2, 0.25) is 5.91 Å². The molecule has 28 heavy (non-hydrogen) atoms. The number of nitrogens with zero attached hydrogens (tertiary/aromatic N) is 2. The molecule has 0 radical (unpaired) electrons. The van der Waals surface area contributed by atoms with Gasteiger partial charge in [-0.1, -0.05) is 37.1 Å². The Bertz CT molecular complexity index is 927. The van der Waals surface area contributed by atoms with Crippen LogP contribution in [0.1, 0.15) is 42.5 Å². The lowest BCUT2D eigenvalue weighted by Gasteiger charge is -2.28. The molecule has 0 spiro atoms. The summed E-state index contributed by atoms with van der Waals surface area (Å²) in [6.07, 6.45) is 3.27. The standard InChI is InChI=1S/C20H25ClN2O3S2/c1-2-3-8-23(18-7-9-28(25,26)14-18)20(24)12-17-13-27-19(22-17)11-15-5-4-6-16(21)10-15/h4-6,10,13,18H,2-3,7-9,11-12,14H2,1H3. The summed E-state index contributed by atoms with van der Waals surface area (Å²) in [4.78, 5) is 19.3. The molecule has 2 aromatic rings. The molecule has 2 heterocycles. The summed E-state index contributed by atoms with van der Waals surface area (Å²) < 4.78 is 23.7. The van der Waals surface area contributed by atoms with Gasteiger partial charge in [-0.3, -0.25) is 4.79 Å². The zero-order chi connectivity index (χ0) is 20.1. The van der Waals surface area contributed by atoms with Gasteiger partial charge in [0.1, 0.15) is 0 Å². The molecule has 1 unspecified atom stereocenters. The van der Waals surface area contributed by atoms with Crippen LogP contribution in [-0.2, 0) is 27.5 Å². The fraction of sp³-hybridized carbons (Fsp3) is 0.500. The highest BCUT2D eigenvalue weighted by molar-refractivity contribution is 7.91. The highest BCUT2D eigenvalue weighted by atomic mass is 35.5. The Morgan fingerprint density at radius 3 is 2.89 bits per heavy atom. The van der Waals surface area contributed by atoms with Crippen molar-refractivity contribution in [2.75, 3.05) is 18.1 Å². The first-order chi connectivity index (χ1) is 13.4. The lowest BCUT2D eigenvalue weighted by molar-refractivity contribution is -0.132. The number of sulfone groups is 1. The highest BCUT2D eigenvalue weighted by Crippen LogP contribution is 2.21. The summed E-state index contributed by atoms with van der Waals surface area (Å²) >= 11 is 7.57. The molecule has 1 atom stereocenters. The fourth-order valence-corrected chi connectivity index (χ4v) is 6.22. The molecule has 3 rings (SSSR count). The third kappa shape index (κ3) is 5.78. The molecule has 0 aliphatic carbocycles. The van der Waals surface area contributed by atoms with E-state index < -0.39 is 9.84 Å². The summed E-state index contributed by atoms with van der Waals surface area (Å²) in [6.45, 7) is 2.67. The molecule has 0 bridgehead atoms. The van der Waals surface area contributed by atoms with Gasteiger partial charge < -0.3 is 4.90 Å². The third-order valence-corrected chi connectivity index (χ3v) is 7.78. The van der Waals surface area contributed by atoms with Crippen molar-refractivity contribution in [3.63, 3.8) is 0 Å². The van der Waals surface area contributed by atoms with Crippen LogP contribution in [0.5, 0.6) is 0 Å². The van der Waals surface area contributed by atoms with E-state index >= 15 is 0 Å². The van der Waals surface area contributed by atoms with E-state index in [1.54, 1.807) is 4.90 Å². The van der Waals surface area contributed by atoms with Gasteiger partial charge in [-0.25, -0.2) is 13.4 Å². The fourth-order valence-electron chi connectivity index (χ4n) is 3.45. The Morgan fingerprint density at radius 2 is 2.21 bits per heavy atom. The van der Waals surface area contributed by atoms with Crippen LogP contribution in [0, 0.1) is 0 Å². The van der Waals surface area contributed by atoms with Crippen LogP contribution in [0.25, 0.3) is 0 Å². The summed E-state index contributed by atoms with van der Waals surface area (Å²) in [5, 5.41) is 3.55. The monoisotopic (exact) mass is 440 g/mol. The molecule has 1 aromatic heterocycles. The second-order valence-electron chi connectivity index (χ2n) is 7.21. The maximum Gasteiger partial charge on any atom is 0.228 e. The van der Waals surface area contributed by atoms with Gasteiger partial charge in [-0.15, -0.1) is 11.3 Å². The largest absolute Gasteiger partial charge is 0.338 e. The lowest BCUT2D eigenvalue weighted by atomic mass is 10.1. The second kappa shape index (κ2) is 9.37. The van der Waals surface area contributed by atoms with E-state index in [9.17, 15) is 13.2 Å². The molecule has 0 saturated carbocycles. The summed E-state index contributed by atoms with van der Waals surface area (Å²) in [5.41, 5.74) is 1.83. The smallest absolute Gasteiger partial charge is 0.228 e. The number of unbranched alkanes of at least 4 members (excludes halogenated alkanes) is 1. The van der Waals surface area contributed by atoms with Crippen molar-refractivity contribution in [1.82, 2.24) is 9.88 Å². The molecule has 152 valence electrons. The quantitative estimate of drug-likeness (QED) is 0.627. The van der Waals surface area contributed by atoms with E-state index in [1.165, 1.54) is 11.3 Å². The molecule has 0 N–H and O–H groups in total. The van der Waals surface area contributed by atoms with Crippen LogP contribution in [0.15, 0.2) is 29.6 Å². The molecule has 5 nitrogen and oxygen atoms in total. The Kier molecular flexibility index (Phi) is 7.12. The highest BCUT2D eigenvalue weighted by Gasteiger charge is 2.34. The first-order valence-corrected chi connectivity index (χ1v) is 12.6. The van der Waals surface area contributed by atoms with Gasteiger partial charge in [0.15, 0.2) is 9.84 Å². The minimum Gasteiger partial charge on any atom is -0.338 e. The Labute approximate surface area is 175 Å². The first kappa shape index (κ1) is 21.3. The summed E-state index contributed by atoms with van der Waals surface area (Å²) in [6, 6.07) is 7.47. The van der Waals surface area contributed by atoms with Crippen LogP contribution in [0.4, 0.5) is 0 Å². The van der Waals surface area contributed by atoms with E-state index in [1.807, 2.05) is 29.6 Å². The van der Waals surface area contributed by atoms with Crippen molar-refractivity contribution >= 4 is 38.7 Å². The topological polar surface area (TPSA) is 67.3 Å². The minimum atomic E-state index is -3.02. The van der Waals surface area contributed by atoms with E-state index in [0.29, 0.717) is 24.4 Å². The molecule has 1 aromatic carbocycles. The number of carbonyl (C=O) groups excluding carboxylic acids is 1. The van der Waals surface area contributed by atoms with Crippen molar-refractivity contribution in [3.05, 3.63) is 50.9 Å². The number of thiazole rings is 1. The average Bonchev–Trinajstić information content (AvgIpc) is 3.21. The van der Waals surface area contributed by atoms with E-state index in [-0.39, 0.29) is 29.9 Å². The summed E-state index contributed by atoms with van der Waals surface area (Å²) in [7, 11) is -3.02. The van der Waals surface area contributed by atoms with Gasteiger partial charge in [0, 0.05) is 29.4 Å². The second-order valence-corrected chi connectivity index (χ2v) is 10.8. The van der Waals surface area contributed by atoms with Crippen LogP contribution >= 0.6 is 22.9 Å². The number of hydrogen-bond donors (Lipinski definition) is 0. The number of halogens is 1. The van der Waals surface area contributed by atoms with Crippen molar-refractivity contribution in [2.24, 2.45) is 0 Å². The first-order valence-electron chi connectivity index (χ1n) is 9.54. The van der Waals surface area contributed by atoms with Crippen molar-refractivity contribution in [1.29, 1.82) is 0 Å². The number of carbonyl (C=O) groups is 1. The molecular weight excluding hydrogens is 416 g/mol. The molecule has 1 amide bonds. The van der Waals surface area contributed by atoms with Gasteiger partial charge in [0.05, 0.1) is 28.6 Å². The molecular formula is C20H25ClN2O3S2. The lowest BCUT2D eigenvalue weighted by Crippen LogP contribution is -2.42. The average molecular weight is 441 g/mol. The van der Waals surface area contributed by atoms with Crippen molar-refractivity contribution in [3.8, 4) is 0 Å².